The lowest BCUT2D eigenvalue weighted by Gasteiger charge is -2.28. The maximum absolute atomic E-state index is 2.49. The Bertz CT molecular complexity index is 1030. The molecule has 2 heteroatoms. The second-order valence-electron chi connectivity index (χ2n) is 9.67. The summed E-state index contributed by atoms with van der Waals surface area (Å²) in [5.41, 5.74) is 2.94. The van der Waals surface area contributed by atoms with Crippen molar-refractivity contribution in [1.29, 1.82) is 0 Å². The fraction of sp³-hybridized carbons (Fsp3) is 0.294. The Hall–Kier alpha value is -2.21. The van der Waals surface area contributed by atoms with Crippen molar-refractivity contribution < 1.29 is 17.0 Å². The number of benzene rings is 4. The van der Waals surface area contributed by atoms with Gasteiger partial charge in [0.1, 0.15) is 23.2 Å². The second kappa shape index (κ2) is 15.1. The van der Waals surface area contributed by atoms with Gasteiger partial charge in [-0.25, -0.2) is 0 Å². The minimum Gasteiger partial charge on any atom is -1.00 e. The SMILES string of the molecule is CCCCCCCCCc1cccc(C[P+](c2ccccc2)(c2ccccc2)c2ccccc2)c1.[Br-]. The summed E-state index contributed by atoms with van der Waals surface area (Å²) >= 11 is 0. The average molecular weight is 560 g/mol. The van der Waals surface area contributed by atoms with Crippen LogP contribution < -0.4 is 32.9 Å². The summed E-state index contributed by atoms with van der Waals surface area (Å²) in [4.78, 5) is 0. The van der Waals surface area contributed by atoms with Gasteiger partial charge >= 0.3 is 0 Å². The van der Waals surface area contributed by atoms with Gasteiger partial charge in [-0.05, 0) is 60.4 Å². The van der Waals surface area contributed by atoms with Crippen molar-refractivity contribution in [1.82, 2.24) is 0 Å². The van der Waals surface area contributed by atoms with Crippen LogP contribution in [0.1, 0.15) is 63.0 Å². The van der Waals surface area contributed by atoms with E-state index >= 15 is 0 Å². The molecule has 0 saturated carbocycles. The van der Waals surface area contributed by atoms with Gasteiger partial charge in [-0.1, -0.05) is 124 Å². The molecular weight excluding hydrogens is 519 g/mol. The van der Waals surface area contributed by atoms with Crippen LogP contribution in [0.3, 0.4) is 0 Å². The lowest BCUT2D eigenvalue weighted by molar-refractivity contribution is -0.00000706. The quantitative estimate of drug-likeness (QED) is 0.150. The van der Waals surface area contributed by atoms with E-state index in [1.165, 1.54) is 78.4 Å². The van der Waals surface area contributed by atoms with Crippen LogP contribution >= 0.6 is 7.26 Å². The van der Waals surface area contributed by atoms with Gasteiger partial charge in [0.2, 0.25) is 0 Å². The highest BCUT2D eigenvalue weighted by Crippen LogP contribution is 2.58. The molecule has 0 nitrogen and oxygen atoms in total. The third-order valence-corrected chi connectivity index (χ3v) is 11.4. The van der Waals surface area contributed by atoms with E-state index in [1.807, 2.05) is 0 Å². The van der Waals surface area contributed by atoms with Gasteiger partial charge in [-0.3, -0.25) is 0 Å². The molecule has 4 aromatic carbocycles. The van der Waals surface area contributed by atoms with Crippen LogP contribution in [0.25, 0.3) is 0 Å². The Balaban J connectivity index is 0.00000361. The van der Waals surface area contributed by atoms with Gasteiger partial charge in [0.25, 0.3) is 0 Å². The van der Waals surface area contributed by atoms with E-state index in [1.54, 1.807) is 0 Å². The normalized spacial score (nSPS) is 11.1. The summed E-state index contributed by atoms with van der Waals surface area (Å²) < 4.78 is 0. The maximum Gasteiger partial charge on any atom is 0.116 e. The van der Waals surface area contributed by atoms with E-state index in [-0.39, 0.29) is 17.0 Å². The zero-order valence-electron chi connectivity index (χ0n) is 21.7. The summed E-state index contributed by atoms with van der Waals surface area (Å²) in [5, 5.41) is 4.36. The van der Waals surface area contributed by atoms with Gasteiger partial charge in [0.15, 0.2) is 0 Å². The molecule has 4 aromatic rings. The molecule has 36 heavy (non-hydrogen) atoms. The molecule has 0 radical (unpaired) electrons. The van der Waals surface area contributed by atoms with Gasteiger partial charge in [0, 0.05) is 0 Å². The first-order valence-corrected chi connectivity index (χ1v) is 15.4. The molecule has 0 aliphatic rings. The number of hydrogen-bond donors (Lipinski definition) is 0. The smallest absolute Gasteiger partial charge is 0.116 e. The Labute approximate surface area is 230 Å². The molecule has 0 unspecified atom stereocenters. The summed E-state index contributed by atoms with van der Waals surface area (Å²) in [6.45, 7) is 2.29. The van der Waals surface area contributed by atoms with Crippen molar-refractivity contribution in [2.45, 2.75) is 64.5 Å². The first-order valence-electron chi connectivity index (χ1n) is 13.5. The van der Waals surface area contributed by atoms with Gasteiger partial charge in [-0.15, -0.1) is 0 Å². The van der Waals surface area contributed by atoms with Crippen LogP contribution in [0.15, 0.2) is 115 Å². The summed E-state index contributed by atoms with van der Waals surface area (Å²) in [5.74, 6) is 0. The number of rotatable bonds is 13. The van der Waals surface area contributed by atoms with Crippen LogP contribution in [-0.4, -0.2) is 0 Å². The lowest BCUT2D eigenvalue weighted by atomic mass is 10.0. The molecule has 0 atom stereocenters. The standard InChI is InChI=1S/C34H40P.BrH/c1-2-3-4-5-6-7-11-19-30-20-18-21-31(28-30)29-35(32-22-12-8-13-23-32,33-24-14-9-15-25-33)34-26-16-10-17-27-34;/h8-10,12-18,20-28H,2-7,11,19,29H2,1H3;1H/q+1;/p-1. The maximum atomic E-state index is 2.49. The second-order valence-corrected chi connectivity index (χ2v) is 13.2. The van der Waals surface area contributed by atoms with Gasteiger partial charge < -0.3 is 17.0 Å². The monoisotopic (exact) mass is 558 g/mol. The van der Waals surface area contributed by atoms with Crippen molar-refractivity contribution in [3.63, 3.8) is 0 Å². The van der Waals surface area contributed by atoms with E-state index < -0.39 is 7.26 Å². The topological polar surface area (TPSA) is 0 Å². The summed E-state index contributed by atoms with van der Waals surface area (Å²) in [6, 6.07) is 43.1. The third kappa shape index (κ3) is 7.41. The Morgan fingerprint density at radius 3 is 1.42 bits per heavy atom. The molecule has 0 heterocycles. The molecule has 0 spiro atoms. The van der Waals surface area contributed by atoms with Crippen LogP contribution in [0.5, 0.6) is 0 Å². The number of aryl methyl sites for hydroxylation is 1. The predicted molar refractivity (Wildman–Crippen MR) is 157 cm³/mol. The zero-order chi connectivity index (χ0) is 24.2. The fourth-order valence-electron chi connectivity index (χ4n) is 5.21. The molecule has 0 aliphatic heterocycles. The van der Waals surface area contributed by atoms with E-state index in [0.717, 1.165) is 6.16 Å². The molecular formula is C34H40BrP. The van der Waals surface area contributed by atoms with Crippen molar-refractivity contribution in [2.75, 3.05) is 0 Å². The molecule has 0 amide bonds. The van der Waals surface area contributed by atoms with E-state index in [2.05, 4.69) is 122 Å². The molecule has 0 aromatic heterocycles. The van der Waals surface area contributed by atoms with E-state index in [4.69, 9.17) is 0 Å². The number of halogens is 1. The highest BCUT2D eigenvalue weighted by molar-refractivity contribution is 7.95. The molecule has 0 saturated heterocycles. The number of unbranched alkanes of at least 4 members (excludes halogenated alkanes) is 6. The highest BCUT2D eigenvalue weighted by Gasteiger charge is 2.45. The minimum absolute atomic E-state index is 0. The molecule has 0 aliphatic carbocycles. The predicted octanol–water partition coefficient (Wildman–Crippen LogP) is 5.48. The molecule has 188 valence electrons. The third-order valence-electron chi connectivity index (χ3n) is 7.07. The Morgan fingerprint density at radius 2 is 0.917 bits per heavy atom. The van der Waals surface area contributed by atoms with Gasteiger partial charge in [0.05, 0.1) is 6.16 Å². The summed E-state index contributed by atoms with van der Waals surface area (Å²) in [6.07, 6.45) is 11.8. The number of hydrogen-bond acceptors (Lipinski definition) is 0. The molecule has 0 bridgehead atoms. The van der Waals surface area contributed by atoms with Crippen molar-refractivity contribution in [3.8, 4) is 0 Å². The first-order chi connectivity index (χ1) is 17.3. The fourth-order valence-corrected chi connectivity index (χ4v) is 9.44. The van der Waals surface area contributed by atoms with Crippen LogP contribution in [0, 0.1) is 0 Å². The molecule has 0 N–H and O–H groups in total. The highest BCUT2D eigenvalue weighted by atomic mass is 79.9. The van der Waals surface area contributed by atoms with Crippen LogP contribution in [-0.2, 0) is 12.6 Å². The van der Waals surface area contributed by atoms with Gasteiger partial charge in [-0.2, -0.15) is 0 Å². The van der Waals surface area contributed by atoms with Crippen molar-refractivity contribution >= 4 is 23.2 Å². The summed E-state index contributed by atoms with van der Waals surface area (Å²) in [7, 11) is -1.84. The van der Waals surface area contributed by atoms with E-state index in [0.29, 0.717) is 0 Å². The largest absolute Gasteiger partial charge is 1.00 e. The lowest BCUT2D eigenvalue weighted by Crippen LogP contribution is -3.00. The average Bonchev–Trinajstić information content (AvgIpc) is 2.93. The minimum atomic E-state index is -1.84. The van der Waals surface area contributed by atoms with Crippen LogP contribution in [0.2, 0.25) is 0 Å². The molecule has 4 rings (SSSR count). The molecule has 0 fully saturated rings. The van der Waals surface area contributed by atoms with E-state index in [9.17, 15) is 0 Å². The van der Waals surface area contributed by atoms with Crippen molar-refractivity contribution in [3.05, 3.63) is 126 Å². The van der Waals surface area contributed by atoms with Crippen LogP contribution in [0.4, 0.5) is 0 Å². The first kappa shape index (κ1) is 28.4. The van der Waals surface area contributed by atoms with Crippen molar-refractivity contribution in [2.24, 2.45) is 0 Å². The Morgan fingerprint density at radius 1 is 0.472 bits per heavy atom. The Kier molecular flexibility index (Phi) is 11.9. The zero-order valence-corrected chi connectivity index (χ0v) is 24.1.